The van der Waals surface area contributed by atoms with Crippen molar-refractivity contribution in [3.8, 4) is 0 Å². The first-order valence-electron chi connectivity index (χ1n) is 7.38. The molecule has 0 radical (unpaired) electrons. The summed E-state index contributed by atoms with van der Waals surface area (Å²) < 4.78 is 6.46. The zero-order valence-corrected chi connectivity index (χ0v) is 16.1. The molecule has 0 aliphatic carbocycles. The van der Waals surface area contributed by atoms with Gasteiger partial charge in [-0.3, -0.25) is 14.5 Å². The fourth-order valence-corrected chi connectivity index (χ4v) is 3.86. The van der Waals surface area contributed by atoms with Crippen molar-refractivity contribution in [2.75, 3.05) is 11.9 Å². The smallest absolute Gasteiger partial charge is 0.266 e. The van der Waals surface area contributed by atoms with Gasteiger partial charge in [0.1, 0.15) is 10.1 Å². The minimum absolute atomic E-state index is 0.155. The molecule has 1 saturated heterocycles. The van der Waals surface area contributed by atoms with Gasteiger partial charge < -0.3 is 9.73 Å². The van der Waals surface area contributed by atoms with Gasteiger partial charge in [-0.15, -0.1) is 0 Å². The lowest BCUT2D eigenvalue weighted by atomic mass is 10.3. The zero-order valence-electron chi connectivity index (χ0n) is 12.9. The van der Waals surface area contributed by atoms with Crippen molar-refractivity contribution < 1.29 is 14.0 Å². The number of amides is 2. The maximum atomic E-state index is 12.4. The van der Waals surface area contributed by atoms with Crippen molar-refractivity contribution in [3.05, 3.63) is 57.8 Å². The van der Waals surface area contributed by atoms with Crippen LogP contribution in [-0.2, 0) is 9.59 Å². The van der Waals surface area contributed by atoms with Crippen LogP contribution in [0.5, 0.6) is 0 Å². The highest BCUT2D eigenvalue weighted by atomic mass is 79.9. The molecular formula is C17H13BrN2O3S2. The molecule has 1 aliphatic rings. The van der Waals surface area contributed by atoms with E-state index in [4.69, 9.17) is 16.6 Å². The minimum atomic E-state index is -0.208. The molecule has 5 nitrogen and oxygen atoms in total. The summed E-state index contributed by atoms with van der Waals surface area (Å²) in [5.41, 5.74) is 0.690. The summed E-state index contributed by atoms with van der Waals surface area (Å²) in [5.74, 6) is 0.197. The van der Waals surface area contributed by atoms with Gasteiger partial charge >= 0.3 is 0 Å². The van der Waals surface area contributed by atoms with E-state index < -0.39 is 0 Å². The third-order valence-electron chi connectivity index (χ3n) is 3.40. The number of thioether (sulfide) groups is 1. The molecule has 1 aromatic heterocycles. The first-order valence-corrected chi connectivity index (χ1v) is 9.39. The first kappa shape index (κ1) is 17.9. The van der Waals surface area contributed by atoms with E-state index in [-0.39, 0.29) is 24.8 Å². The molecule has 0 saturated carbocycles. The Morgan fingerprint density at radius 3 is 2.84 bits per heavy atom. The van der Waals surface area contributed by atoms with E-state index in [2.05, 4.69) is 21.2 Å². The van der Waals surface area contributed by atoms with Crippen LogP contribution in [0.1, 0.15) is 12.2 Å². The molecule has 0 unspecified atom stereocenters. The molecule has 1 aliphatic heterocycles. The van der Waals surface area contributed by atoms with E-state index >= 15 is 0 Å². The minimum Gasteiger partial charge on any atom is -0.465 e. The monoisotopic (exact) mass is 436 g/mol. The van der Waals surface area contributed by atoms with Gasteiger partial charge in [-0.1, -0.05) is 36.1 Å². The summed E-state index contributed by atoms with van der Waals surface area (Å²) in [6.07, 6.45) is 3.35. The summed E-state index contributed by atoms with van der Waals surface area (Å²) >= 11 is 9.84. The predicted molar refractivity (Wildman–Crippen MR) is 106 cm³/mol. The van der Waals surface area contributed by atoms with E-state index in [0.29, 0.717) is 20.7 Å². The van der Waals surface area contributed by atoms with Crippen LogP contribution in [0.15, 0.2) is 56.5 Å². The van der Waals surface area contributed by atoms with Crippen molar-refractivity contribution >= 4 is 67.8 Å². The number of nitrogens with one attached hydrogen (secondary N) is 1. The van der Waals surface area contributed by atoms with Gasteiger partial charge in [-0.2, -0.15) is 0 Å². The number of halogens is 1. The van der Waals surface area contributed by atoms with Crippen LogP contribution in [0, 0.1) is 0 Å². The number of hydrogen-bond donors (Lipinski definition) is 1. The number of thiocarbonyl (C=S) groups is 1. The summed E-state index contributed by atoms with van der Waals surface area (Å²) in [6, 6.07) is 10.9. The van der Waals surface area contributed by atoms with Crippen molar-refractivity contribution in [2.24, 2.45) is 0 Å². The fraction of sp³-hybridized carbons (Fsp3) is 0.118. The number of rotatable bonds is 5. The van der Waals surface area contributed by atoms with E-state index in [9.17, 15) is 9.59 Å². The van der Waals surface area contributed by atoms with Gasteiger partial charge in [0.05, 0.1) is 16.9 Å². The molecule has 25 heavy (non-hydrogen) atoms. The van der Waals surface area contributed by atoms with Gasteiger partial charge in [-0.25, -0.2) is 0 Å². The number of furan rings is 1. The summed E-state index contributed by atoms with van der Waals surface area (Å²) in [7, 11) is 0. The summed E-state index contributed by atoms with van der Waals surface area (Å²) in [5, 5.41) is 2.81. The van der Waals surface area contributed by atoms with E-state index in [0.717, 1.165) is 4.47 Å². The lowest BCUT2D eigenvalue weighted by Gasteiger charge is -2.14. The van der Waals surface area contributed by atoms with Gasteiger partial charge in [0.25, 0.3) is 5.91 Å². The molecule has 0 bridgehead atoms. The normalized spacial score (nSPS) is 15.9. The second kappa shape index (κ2) is 7.99. The highest BCUT2D eigenvalue weighted by Gasteiger charge is 2.32. The molecule has 2 heterocycles. The Morgan fingerprint density at radius 1 is 1.32 bits per heavy atom. The van der Waals surface area contributed by atoms with Gasteiger partial charge in [0.15, 0.2) is 0 Å². The zero-order chi connectivity index (χ0) is 17.8. The number of nitrogens with zero attached hydrogens (tertiary/aromatic N) is 1. The van der Waals surface area contributed by atoms with Crippen molar-refractivity contribution in [1.29, 1.82) is 0 Å². The molecule has 128 valence electrons. The van der Waals surface area contributed by atoms with Gasteiger partial charge in [0, 0.05) is 23.5 Å². The van der Waals surface area contributed by atoms with E-state index in [1.165, 1.54) is 16.7 Å². The van der Waals surface area contributed by atoms with Crippen molar-refractivity contribution in [1.82, 2.24) is 4.90 Å². The number of anilines is 1. The van der Waals surface area contributed by atoms with Crippen molar-refractivity contribution in [2.45, 2.75) is 6.42 Å². The third kappa shape index (κ3) is 4.39. The summed E-state index contributed by atoms with van der Waals surface area (Å²) in [4.78, 5) is 26.5. The van der Waals surface area contributed by atoms with Crippen LogP contribution >= 0.6 is 39.9 Å². The van der Waals surface area contributed by atoms with E-state index in [1.54, 1.807) is 30.5 Å². The highest BCUT2D eigenvalue weighted by Crippen LogP contribution is 2.32. The molecule has 1 aromatic carbocycles. The molecule has 2 amide bonds. The predicted octanol–water partition coefficient (Wildman–Crippen LogP) is 4.27. The van der Waals surface area contributed by atoms with Crippen LogP contribution < -0.4 is 5.32 Å². The Balaban J connectivity index is 1.59. The maximum Gasteiger partial charge on any atom is 0.266 e. The number of para-hydroxylation sites is 1. The highest BCUT2D eigenvalue weighted by molar-refractivity contribution is 9.10. The van der Waals surface area contributed by atoms with E-state index in [1.807, 2.05) is 18.2 Å². The molecule has 0 atom stereocenters. The maximum absolute atomic E-state index is 12.4. The molecule has 1 N–H and O–H groups in total. The van der Waals surface area contributed by atoms with Gasteiger partial charge in [-0.05, 0) is 40.2 Å². The number of benzene rings is 1. The molecule has 3 rings (SSSR count). The Morgan fingerprint density at radius 2 is 2.12 bits per heavy atom. The lowest BCUT2D eigenvalue weighted by Crippen LogP contribution is -2.31. The molecule has 1 fully saturated rings. The standard InChI is InChI=1S/C17H13BrN2O3S2/c18-12-5-1-2-6-13(12)19-15(21)7-8-20-16(22)14(25-17(20)24)10-11-4-3-9-23-11/h1-6,9-10H,7-8H2,(H,19,21). The number of carbonyl (C=O) groups is 2. The first-order chi connectivity index (χ1) is 12.0. The summed E-state index contributed by atoms with van der Waals surface area (Å²) in [6.45, 7) is 0.233. The largest absolute Gasteiger partial charge is 0.465 e. The Labute approximate surface area is 162 Å². The molecule has 0 spiro atoms. The Bertz CT molecular complexity index is 849. The average Bonchev–Trinajstić information content (AvgIpc) is 3.18. The Hall–Kier alpha value is -1.90. The average molecular weight is 437 g/mol. The third-order valence-corrected chi connectivity index (χ3v) is 5.47. The quantitative estimate of drug-likeness (QED) is 0.559. The van der Waals surface area contributed by atoms with Crippen LogP contribution in [0.2, 0.25) is 0 Å². The second-order valence-electron chi connectivity index (χ2n) is 5.13. The van der Waals surface area contributed by atoms with Crippen LogP contribution in [0.4, 0.5) is 5.69 Å². The molecule has 8 heteroatoms. The van der Waals surface area contributed by atoms with Crippen LogP contribution in [0.25, 0.3) is 6.08 Å². The molecular weight excluding hydrogens is 424 g/mol. The topological polar surface area (TPSA) is 62.6 Å². The number of hydrogen-bond acceptors (Lipinski definition) is 5. The fourth-order valence-electron chi connectivity index (χ4n) is 2.18. The van der Waals surface area contributed by atoms with Gasteiger partial charge in [0.2, 0.25) is 5.91 Å². The van der Waals surface area contributed by atoms with Crippen molar-refractivity contribution in [3.63, 3.8) is 0 Å². The SMILES string of the molecule is O=C(CCN1C(=O)C(=Cc2ccco2)SC1=S)Nc1ccccc1Br. The molecule has 2 aromatic rings. The second-order valence-corrected chi connectivity index (χ2v) is 7.66. The number of carbonyl (C=O) groups excluding carboxylic acids is 2. The lowest BCUT2D eigenvalue weighted by molar-refractivity contribution is -0.122. The van der Waals surface area contributed by atoms with Crippen LogP contribution in [-0.4, -0.2) is 27.6 Å². The van der Waals surface area contributed by atoms with Crippen LogP contribution in [0.3, 0.4) is 0 Å². The Kier molecular flexibility index (Phi) is 5.72.